The number of nitrogens with zero attached hydrogens (tertiary/aromatic N) is 2. The Bertz CT molecular complexity index is 1380. The summed E-state index contributed by atoms with van der Waals surface area (Å²) >= 11 is 0. The summed E-state index contributed by atoms with van der Waals surface area (Å²) in [5, 5.41) is 0.884. The number of carbonyl (C=O) groups is 1. The molecule has 6 heteroatoms. The Hall–Kier alpha value is -3.51. The van der Waals surface area contributed by atoms with Gasteiger partial charge in [-0.15, -0.1) is 0 Å². The smallest absolute Gasteiger partial charge is 0.165 e. The van der Waals surface area contributed by atoms with Crippen LogP contribution in [0.1, 0.15) is 53.4 Å². The third-order valence-electron chi connectivity index (χ3n) is 6.52. The molecule has 0 fully saturated rings. The van der Waals surface area contributed by atoms with E-state index in [-0.39, 0.29) is 18.1 Å². The van der Waals surface area contributed by atoms with E-state index in [9.17, 15) is 13.6 Å². The molecule has 0 saturated carbocycles. The van der Waals surface area contributed by atoms with Crippen LogP contribution in [0.4, 0.5) is 8.78 Å². The average molecular weight is 505 g/mol. The van der Waals surface area contributed by atoms with E-state index in [2.05, 4.69) is 35.4 Å². The predicted molar refractivity (Wildman–Crippen MR) is 145 cm³/mol. The third kappa shape index (κ3) is 6.25. The molecule has 37 heavy (non-hydrogen) atoms. The Morgan fingerprint density at radius 1 is 0.946 bits per heavy atom. The van der Waals surface area contributed by atoms with Gasteiger partial charge in [0.15, 0.2) is 17.4 Å². The maximum absolute atomic E-state index is 13.7. The predicted octanol–water partition coefficient (Wildman–Crippen LogP) is 6.85. The standard InChI is InChI=1S/C31H34F2N2O2/c1-21(2)31-30(29(36)15-11-22-10-14-26(32)27(33)18-22)25-13-12-24(37-17-16-34(3)4)19-28(25)35(31)20-23-8-6-5-7-9-23/h5-10,12-14,18-19,21H,11,15-17,20H2,1-4H3. The van der Waals surface area contributed by atoms with Crippen molar-refractivity contribution in [2.24, 2.45) is 0 Å². The Labute approximate surface area is 217 Å². The van der Waals surface area contributed by atoms with Crippen LogP contribution in [-0.2, 0) is 13.0 Å². The van der Waals surface area contributed by atoms with E-state index in [1.54, 1.807) is 0 Å². The molecule has 1 heterocycles. The van der Waals surface area contributed by atoms with Crippen molar-refractivity contribution in [1.82, 2.24) is 9.47 Å². The molecule has 4 nitrogen and oxygen atoms in total. The van der Waals surface area contributed by atoms with Gasteiger partial charge in [-0.25, -0.2) is 8.78 Å². The Morgan fingerprint density at radius 2 is 1.70 bits per heavy atom. The fraction of sp³-hybridized carbons (Fsp3) is 0.323. The first-order chi connectivity index (χ1) is 17.7. The van der Waals surface area contributed by atoms with Gasteiger partial charge in [-0.1, -0.05) is 50.2 Å². The molecule has 0 amide bonds. The molecule has 0 aliphatic rings. The summed E-state index contributed by atoms with van der Waals surface area (Å²) in [5.41, 5.74) is 4.36. The number of ketones is 1. The highest BCUT2D eigenvalue weighted by Gasteiger charge is 2.25. The molecule has 3 aromatic carbocycles. The molecular formula is C31H34F2N2O2. The molecular weight excluding hydrogens is 470 g/mol. The number of hydrogen-bond acceptors (Lipinski definition) is 3. The van der Waals surface area contributed by atoms with Gasteiger partial charge in [0.1, 0.15) is 12.4 Å². The number of fused-ring (bicyclic) bond motifs is 1. The second-order valence-corrected chi connectivity index (χ2v) is 9.99. The zero-order valence-electron chi connectivity index (χ0n) is 21.9. The number of hydrogen-bond donors (Lipinski definition) is 0. The first-order valence-corrected chi connectivity index (χ1v) is 12.7. The van der Waals surface area contributed by atoms with Crippen molar-refractivity contribution in [3.63, 3.8) is 0 Å². The third-order valence-corrected chi connectivity index (χ3v) is 6.52. The van der Waals surface area contributed by atoms with E-state index >= 15 is 0 Å². The molecule has 0 aliphatic carbocycles. The number of benzene rings is 3. The molecule has 194 valence electrons. The monoisotopic (exact) mass is 504 g/mol. The van der Waals surface area contributed by atoms with Crippen molar-refractivity contribution in [2.45, 2.75) is 39.2 Å². The van der Waals surface area contributed by atoms with Gasteiger partial charge in [0.2, 0.25) is 0 Å². The molecule has 0 atom stereocenters. The second-order valence-electron chi connectivity index (χ2n) is 9.99. The zero-order valence-corrected chi connectivity index (χ0v) is 21.9. The molecule has 1 aromatic heterocycles. The van der Waals surface area contributed by atoms with Crippen LogP contribution in [0, 0.1) is 11.6 Å². The zero-order chi connectivity index (χ0) is 26.5. The van der Waals surface area contributed by atoms with Gasteiger partial charge in [0, 0.05) is 42.2 Å². The summed E-state index contributed by atoms with van der Waals surface area (Å²) in [6.07, 6.45) is 0.543. The van der Waals surface area contributed by atoms with Crippen LogP contribution in [0.15, 0.2) is 66.7 Å². The van der Waals surface area contributed by atoms with Gasteiger partial charge in [-0.2, -0.15) is 0 Å². The molecule has 0 aliphatic heterocycles. The normalized spacial score (nSPS) is 11.6. The second kappa shape index (κ2) is 11.7. The van der Waals surface area contributed by atoms with Gasteiger partial charge in [-0.05, 0) is 61.8 Å². The number of aromatic nitrogens is 1. The summed E-state index contributed by atoms with van der Waals surface area (Å²) in [6, 6.07) is 19.9. The maximum atomic E-state index is 13.7. The summed E-state index contributed by atoms with van der Waals surface area (Å²) < 4.78 is 35.3. The minimum absolute atomic E-state index is 0.00785. The minimum Gasteiger partial charge on any atom is -0.492 e. The molecule has 0 bridgehead atoms. The highest BCUT2D eigenvalue weighted by molar-refractivity contribution is 6.10. The molecule has 4 aromatic rings. The maximum Gasteiger partial charge on any atom is 0.165 e. The van der Waals surface area contributed by atoms with E-state index in [4.69, 9.17) is 4.74 Å². The lowest BCUT2D eigenvalue weighted by Crippen LogP contribution is -2.19. The van der Waals surface area contributed by atoms with E-state index < -0.39 is 11.6 Å². The van der Waals surface area contributed by atoms with Gasteiger partial charge < -0.3 is 14.2 Å². The highest BCUT2D eigenvalue weighted by atomic mass is 19.2. The number of halogens is 2. The minimum atomic E-state index is -0.894. The molecule has 0 radical (unpaired) electrons. The number of rotatable bonds is 11. The van der Waals surface area contributed by atoms with Crippen molar-refractivity contribution >= 4 is 16.7 Å². The lowest BCUT2D eigenvalue weighted by molar-refractivity contribution is 0.0982. The number of carbonyl (C=O) groups excluding carboxylic acids is 1. The fourth-order valence-corrected chi connectivity index (χ4v) is 4.69. The van der Waals surface area contributed by atoms with Crippen molar-refractivity contribution in [1.29, 1.82) is 0 Å². The molecule has 0 saturated heterocycles. The highest BCUT2D eigenvalue weighted by Crippen LogP contribution is 2.35. The molecule has 0 spiro atoms. The number of ether oxygens (including phenoxy) is 1. The van der Waals surface area contributed by atoms with Gasteiger partial charge in [-0.3, -0.25) is 4.79 Å². The number of Topliss-reactive ketones (excluding diaryl/α,β-unsaturated/α-hetero) is 1. The summed E-state index contributed by atoms with van der Waals surface area (Å²) in [6.45, 7) is 6.18. The van der Waals surface area contributed by atoms with Gasteiger partial charge in [0.05, 0.1) is 5.52 Å². The van der Waals surface area contributed by atoms with Crippen LogP contribution in [0.5, 0.6) is 5.75 Å². The Morgan fingerprint density at radius 3 is 2.38 bits per heavy atom. The van der Waals surface area contributed by atoms with Crippen LogP contribution in [-0.4, -0.2) is 42.5 Å². The van der Waals surface area contributed by atoms with E-state index in [1.807, 2.05) is 50.5 Å². The lowest BCUT2D eigenvalue weighted by Gasteiger charge is -2.16. The fourth-order valence-electron chi connectivity index (χ4n) is 4.69. The van der Waals surface area contributed by atoms with E-state index in [0.717, 1.165) is 40.5 Å². The van der Waals surface area contributed by atoms with E-state index in [0.29, 0.717) is 30.7 Å². The quantitative estimate of drug-likeness (QED) is 0.210. The Balaban J connectivity index is 1.74. The summed E-state index contributed by atoms with van der Waals surface area (Å²) in [4.78, 5) is 15.8. The summed E-state index contributed by atoms with van der Waals surface area (Å²) in [5.74, 6) is -0.931. The van der Waals surface area contributed by atoms with Crippen molar-refractivity contribution in [2.75, 3.05) is 27.2 Å². The number of aryl methyl sites for hydroxylation is 1. The van der Waals surface area contributed by atoms with Crippen molar-refractivity contribution in [3.8, 4) is 5.75 Å². The molecule has 0 unspecified atom stereocenters. The van der Waals surface area contributed by atoms with Crippen molar-refractivity contribution in [3.05, 3.63) is 101 Å². The first-order valence-electron chi connectivity index (χ1n) is 12.7. The molecule has 0 N–H and O–H groups in total. The average Bonchev–Trinajstić information content (AvgIpc) is 3.18. The van der Waals surface area contributed by atoms with Gasteiger partial charge >= 0.3 is 0 Å². The van der Waals surface area contributed by atoms with Crippen LogP contribution >= 0.6 is 0 Å². The SMILES string of the molecule is CC(C)c1c(C(=O)CCc2ccc(F)c(F)c2)c2ccc(OCCN(C)C)cc2n1Cc1ccccc1. The topological polar surface area (TPSA) is 34.5 Å². The van der Waals surface area contributed by atoms with Crippen molar-refractivity contribution < 1.29 is 18.3 Å². The van der Waals surface area contributed by atoms with Gasteiger partial charge in [0.25, 0.3) is 0 Å². The lowest BCUT2D eigenvalue weighted by atomic mass is 9.96. The van der Waals surface area contributed by atoms with Crippen LogP contribution in [0.25, 0.3) is 10.9 Å². The number of likely N-dealkylation sites (N-methyl/N-ethyl adjacent to an activating group) is 1. The van der Waals surface area contributed by atoms with E-state index in [1.165, 1.54) is 12.1 Å². The molecule has 4 rings (SSSR count). The van der Waals surface area contributed by atoms with Crippen LogP contribution < -0.4 is 4.74 Å². The largest absolute Gasteiger partial charge is 0.492 e. The summed E-state index contributed by atoms with van der Waals surface area (Å²) in [7, 11) is 4.01. The first kappa shape index (κ1) is 26.6. The Kier molecular flexibility index (Phi) is 8.39. The van der Waals surface area contributed by atoms with Crippen LogP contribution in [0.2, 0.25) is 0 Å². The van der Waals surface area contributed by atoms with Crippen LogP contribution in [0.3, 0.4) is 0 Å².